The lowest BCUT2D eigenvalue weighted by Crippen LogP contribution is -2.12. The van der Waals surface area contributed by atoms with Crippen molar-refractivity contribution in [2.24, 2.45) is 15.9 Å². The molecular formula is C12H12N4O. The molecule has 4 N–H and O–H groups in total. The van der Waals surface area contributed by atoms with Crippen LogP contribution in [-0.2, 0) is 0 Å². The molecule has 0 saturated carbocycles. The van der Waals surface area contributed by atoms with E-state index in [1.165, 1.54) is 0 Å². The van der Waals surface area contributed by atoms with Crippen LogP contribution in [0.4, 0.5) is 0 Å². The van der Waals surface area contributed by atoms with E-state index in [2.05, 4.69) is 15.2 Å². The number of aromatic amines is 1. The first-order chi connectivity index (χ1) is 8.25. The minimum absolute atomic E-state index is 0.191. The number of nitrogens with zero attached hydrogens (tertiary/aromatic N) is 2. The fourth-order valence-electron chi connectivity index (χ4n) is 1.27. The van der Waals surface area contributed by atoms with Crippen molar-refractivity contribution in [1.82, 2.24) is 4.98 Å². The van der Waals surface area contributed by atoms with E-state index < -0.39 is 0 Å². The molecule has 5 nitrogen and oxygen atoms in total. The molecule has 2 rings (SSSR count). The molecule has 1 heterocycles. The van der Waals surface area contributed by atoms with Gasteiger partial charge < -0.3 is 15.8 Å². The van der Waals surface area contributed by atoms with Crippen LogP contribution in [0.1, 0.15) is 11.3 Å². The first-order valence-electron chi connectivity index (χ1n) is 5.05. The third kappa shape index (κ3) is 2.94. The fourth-order valence-corrected chi connectivity index (χ4v) is 1.27. The highest BCUT2D eigenvalue weighted by Gasteiger charge is 1.97. The molecule has 1 aromatic carbocycles. The summed E-state index contributed by atoms with van der Waals surface area (Å²) >= 11 is 0. The Bertz CT molecular complexity index is 526. The van der Waals surface area contributed by atoms with Crippen LogP contribution in [0.25, 0.3) is 0 Å². The van der Waals surface area contributed by atoms with Gasteiger partial charge in [-0.1, -0.05) is 0 Å². The number of H-pyrrole nitrogens is 1. The third-order valence-electron chi connectivity index (χ3n) is 2.15. The van der Waals surface area contributed by atoms with Crippen LogP contribution in [0.3, 0.4) is 0 Å². The average Bonchev–Trinajstić information content (AvgIpc) is 2.83. The summed E-state index contributed by atoms with van der Waals surface area (Å²) in [4.78, 5) is 2.97. The van der Waals surface area contributed by atoms with Gasteiger partial charge in [0.15, 0.2) is 5.84 Å². The summed E-state index contributed by atoms with van der Waals surface area (Å²) in [5, 5.41) is 16.8. The molecule has 0 aliphatic rings. The second-order valence-electron chi connectivity index (χ2n) is 3.40. The summed E-state index contributed by atoms with van der Waals surface area (Å²) in [6.45, 7) is 0. The highest BCUT2D eigenvalue weighted by Crippen LogP contribution is 2.09. The zero-order valence-electron chi connectivity index (χ0n) is 9.04. The number of amidine groups is 1. The van der Waals surface area contributed by atoms with E-state index in [0.29, 0.717) is 11.4 Å². The molecule has 0 radical (unpaired) electrons. The SMILES string of the molecule is N/C(=N\N=C\c1ccc[nH]1)c1ccc(O)cc1. The largest absolute Gasteiger partial charge is 0.508 e. The molecule has 0 aliphatic heterocycles. The molecule has 0 unspecified atom stereocenters. The van der Waals surface area contributed by atoms with Gasteiger partial charge in [0.1, 0.15) is 5.75 Å². The second kappa shape index (κ2) is 4.98. The fraction of sp³-hybridized carbons (Fsp3) is 0. The number of phenols is 1. The normalized spacial score (nSPS) is 12.1. The first-order valence-corrected chi connectivity index (χ1v) is 5.05. The molecule has 0 spiro atoms. The number of phenolic OH excluding ortho intramolecular Hbond substituents is 1. The van der Waals surface area contributed by atoms with E-state index in [4.69, 9.17) is 10.8 Å². The predicted molar refractivity (Wildman–Crippen MR) is 67.2 cm³/mol. The van der Waals surface area contributed by atoms with Gasteiger partial charge in [-0.15, -0.1) is 5.10 Å². The average molecular weight is 228 g/mol. The van der Waals surface area contributed by atoms with Gasteiger partial charge in [0, 0.05) is 11.8 Å². The molecular weight excluding hydrogens is 216 g/mol. The highest BCUT2D eigenvalue weighted by molar-refractivity contribution is 5.97. The molecule has 2 aromatic rings. The van der Waals surface area contributed by atoms with Gasteiger partial charge in [0.2, 0.25) is 0 Å². The molecule has 0 amide bonds. The Balaban J connectivity index is 2.09. The molecule has 5 heteroatoms. The lowest BCUT2D eigenvalue weighted by molar-refractivity contribution is 0.475. The van der Waals surface area contributed by atoms with Crippen molar-refractivity contribution in [2.45, 2.75) is 0 Å². The Morgan fingerprint density at radius 1 is 1.24 bits per heavy atom. The molecule has 0 aliphatic carbocycles. The van der Waals surface area contributed by atoms with Crippen LogP contribution in [0.2, 0.25) is 0 Å². The van der Waals surface area contributed by atoms with Crippen LogP contribution in [-0.4, -0.2) is 22.1 Å². The van der Waals surface area contributed by atoms with Gasteiger partial charge in [-0.3, -0.25) is 0 Å². The lowest BCUT2D eigenvalue weighted by Gasteiger charge is -1.97. The van der Waals surface area contributed by atoms with E-state index in [1.807, 2.05) is 12.1 Å². The minimum Gasteiger partial charge on any atom is -0.508 e. The van der Waals surface area contributed by atoms with Crippen LogP contribution in [0.15, 0.2) is 52.8 Å². The van der Waals surface area contributed by atoms with Gasteiger partial charge in [0.25, 0.3) is 0 Å². The van der Waals surface area contributed by atoms with Crippen molar-refractivity contribution in [2.75, 3.05) is 0 Å². The van der Waals surface area contributed by atoms with E-state index >= 15 is 0 Å². The summed E-state index contributed by atoms with van der Waals surface area (Å²) in [5.74, 6) is 0.490. The summed E-state index contributed by atoms with van der Waals surface area (Å²) in [6, 6.07) is 10.2. The number of hydrogen-bond acceptors (Lipinski definition) is 3. The van der Waals surface area contributed by atoms with E-state index in [0.717, 1.165) is 5.69 Å². The molecule has 1 aromatic heterocycles. The van der Waals surface area contributed by atoms with Crippen molar-refractivity contribution in [3.8, 4) is 5.75 Å². The second-order valence-corrected chi connectivity index (χ2v) is 3.40. The number of aromatic hydroxyl groups is 1. The number of nitrogens with one attached hydrogen (secondary N) is 1. The van der Waals surface area contributed by atoms with Crippen LogP contribution in [0.5, 0.6) is 5.75 Å². The monoisotopic (exact) mass is 228 g/mol. The highest BCUT2D eigenvalue weighted by atomic mass is 16.3. The van der Waals surface area contributed by atoms with E-state index in [-0.39, 0.29) is 5.75 Å². The zero-order chi connectivity index (χ0) is 12.1. The summed E-state index contributed by atoms with van der Waals surface area (Å²) in [7, 11) is 0. The Hall–Kier alpha value is -2.56. The molecule has 0 fully saturated rings. The van der Waals surface area contributed by atoms with Gasteiger partial charge in [-0.25, -0.2) is 0 Å². The van der Waals surface area contributed by atoms with Crippen LogP contribution in [0, 0.1) is 0 Å². The molecule has 0 saturated heterocycles. The topological polar surface area (TPSA) is 86.8 Å². The summed E-state index contributed by atoms with van der Waals surface area (Å²) in [6.07, 6.45) is 3.38. The van der Waals surface area contributed by atoms with E-state index in [1.54, 1.807) is 36.7 Å². The summed E-state index contributed by atoms with van der Waals surface area (Å²) in [5.41, 5.74) is 7.30. The Morgan fingerprint density at radius 3 is 2.65 bits per heavy atom. The maximum atomic E-state index is 9.13. The molecule has 17 heavy (non-hydrogen) atoms. The lowest BCUT2D eigenvalue weighted by atomic mass is 10.2. The first kappa shape index (κ1) is 10.9. The van der Waals surface area contributed by atoms with Crippen molar-refractivity contribution >= 4 is 12.1 Å². The molecule has 0 bridgehead atoms. The van der Waals surface area contributed by atoms with Crippen molar-refractivity contribution < 1.29 is 5.11 Å². The minimum atomic E-state index is 0.191. The summed E-state index contributed by atoms with van der Waals surface area (Å²) < 4.78 is 0. The number of benzene rings is 1. The van der Waals surface area contributed by atoms with Gasteiger partial charge in [0.05, 0.1) is 11.9 Å². The predicted octanol–water partition coefficient (Wildman–Crippen LogP) is 1.46. The van der Waals surface area contributed by atoms with Crippen molar-refractivity contribution in [1.29, 1.82) is 0 Å². The van der Waals surface area contributed by atoms with Gasteiger partial charge in [-0.05, 0) is 36.4 Å². The van der Waals surface area contributed by atoms with Crippen molar-refractivity contribution in [3.63, 3.8) is 0 Å². The van der Waals surface area contributed by atoms with Gasteiger partial charge >= 0.3 is 0 Å². The Labute approximate surface area is 98.3 Å². The maximum absolute atomic E-state index is 9.13. The molecule has 0 atom stereocenters. The van der Waals surface area contributed by atoms with Crippen LogP contribution < -0.4 is 5.73 Å². The van der Waals surface area contributed by atoms with Gasteiger partial charge in [-0.2, -0.15) is 5.10 Å². The smallest absolute Gasteiger partial charge is 0.153 e. The third-order valence-corrected chi connectivity index (χ3v) is 2.15. The van der Waals surface area contributed by atoms with Crippen molar-refractivity contribution in [3.05, 3.63) is 53.9 Å². The Kier molecular flexibility index (Phi) is 3.20. The number of aromatic nitrogens is 1. The molecule has 86 valence electrons. The number of nitrogens with two attached hydrogens (primary N) is 1. The Morgan fingerprint density at radius 2 is 2.00 bits per heavy atom. The maximum Gasteiger partial charge on any atom is 0.153 e. The number of hydrogen-bond donors (Lipinski definition) is 3. The van der Waals surface area contributed by atoms with Crippen LogP contribution >= 0.6 is 0 Å². The zero-order valence-corrected chi connectivity index (χ0v) is 9.04. The quantitative estimate of drug-likeness (QED) is 0.422. The standard InChI is InChI=1S/C12H12N4O/c13-12(9-3-5-11(17)6-4-9)16-15-8-10-2-1-7-14-10/h1-8,14,17H,(H2,13,16)/b15-8+. The van der Waals surface area contributed by atoms with E-state index in [9.17, 15) is 0 Å². The number of rotatable bonds is 3.